The Kier molecular flexibility index (Phi) is 4.84. The van der Waals surface area contributed by atoms with Gasteiger partial charge in [0.05, 0.1) is 23.7 Å². The van der Waals surface area contributed by atoms with Gasteiger partial charge in [-0.05, 0) is 21.9 Å². The summed E-state index contributed by atoms with van der Waals surface area (Å²) in [4.78, 5) is 24.6. The van der Waals surface area contributed by atoms with Gasteiger partial charge >= 0.3 is 0 Å². The van der Waals surface area contributed by atoms with E-state index in [0.717, 1.165) is 22.6 Å². The molecule has 0 aliphatic carbocycles. The number of fused-ring (bicyclic) bond motifs is 2. The summed E-state index contributed by atoms with van der Waals surface area (Å²) in [6, 6.07) is 14.4. The van der Waals surface area contributed by atoms with E-state index < -0.39 is 16.1 Å². The highest BCUT2D eigenvalue weighted by Gasteiger charge is 2.32. The molecular formula is C21H18N2O4S2. The van der Waals surface area contributed by atoms with E-state index in [0.29, 0.717) is 28.8 Å². The number of pyridine rings is 1. The van der Waals surface area contributed by atoms with Gasteiger partial charge in [0.25, 0.3) is 5.56 Å². The van der Waals surface area contributed by atoms with Gasteiger partial charge in [-0.2, -0.15) is 0 Å². The minimum absolute atomic E-state index is 0.213. The Labute approximate surface area is 173 Å². The minimum atomic E-state index is -3.63. The van der Waals surface area contributed by atoms with Crippen LogP contribution in [0.15, 0.2) is 53.3 Å². The van der Waals surface area contributed by atoms with Crippen molar-refractivity contribution < 1.29 is 13.2 Å². The second-order valence-electron chi connectivity index (χ2n) is 7.12. The van der Waals surface area contributed by atoms with Crippen LogP contribution in [0.1, 0.15) is 29.3 Å². The lowest BCUT2D eigenvalue weighted by Gasteiger charge is -2.18. The number of anilines is 1. The third-order valence-corrected chi connectivity index (χ3v) is 5.96. The molecule has 0 bridgehead atoms. The number of hydrogen-bond acceptors (Lipinski definition) is 5. The second-order valence-corrected chi connectivity index (χ2v) is 9.36. The number of aromatic nitrogens is 1. The van der Waals surface area contributed by atoms with Crippen LogP contribution < -0.4 is 10.3 Å². The predicted octanol–water partition coefficient (Wildman–Crippen LogP) is 2.83. The van der Waals surface area contributed by atoms with E-state index >= 15 is 0 Å². The lowest BCUT2D eigenvalue weighted by atomic mass is 9.97. The first-order chi connectivity index (χ1) is 13.8. The van der Waals surface area contributed by atoms with Gasteiger partial charge in [0.1, 0.15) is 6.29 Å². The van der Waals surface area contributed by atoms with Crippen molar-refractivity contribution in [3.8, 4) is 0 Å². The lowest BCUT2D eigenvalue weighted by Crippen LogP contribution is -2.27. The molecule has 1 N–H and O–H groups in total. The fraction of sp³-hybridized carbons (Fsp3) is 0.190. The molecule has 1 unspecified atom stereocenters. The van der Waals surface area contributed by atoms with Crippen molar-refractivity contribution in [2.24, 2.45) is 0 Å². The van der Waals surface area contributed by atoms with E-state index in [1.54, 1.807) is 0 Å². The summed E-state index contributed by atoms with van der Waals surface area (Å²) in [7, 11) is -3.63. The number of carbonyl (C=O) groups excluding carboxylic acids is 1. The van der Waals surface area contributed by atoms with Crippen LogP contribution in [0, 0.1) is 0 Å². The average Bonchev–Trinajstić information content (AvgIpc) is 3.01. The van der Waals surface area contributed by atoms with Crippen molar-refractivity contribution in [3.63, 3.8) is 0 Å². The monoisotopic (exact) mass is 426 g/mol. The summed E-state index contributed by atoms with van der Waals surface area (Å²) >= 11 is 5.40. The van der Waals surface area contributed by atoms with Crippen molar-refractivity contribution in [2.45, 2.75) is 18.9 Å². The Hall–Kier alpha value is -2.84. The number of carbonyl (C=O) groups is 1. The number of nitrogens with zero attached hydrogens (tertiary/aromatic N) is 1. The van der Waals surface area contributed by atoms with Gasteiger partial charge in [-0.15, -0.1) is 0 Å². The average molecular weight is 427 g/mol. The zero-order chi connectivity index (χ0) is 20.8. The number of hydrogen-bond donors (Lipinski definition) is 1. The van der Waals surface area contributed by atoms with Crippen molar-refractivity contribution >= 4 is 49.9 Å². The molecule has 0 amide bonds. The summed E-state index contributed by atoms with van der Waals surface area (Å²) in [6.07, 6.45) is 2.27. The summed E-state index contributed by atoms with van der Waals surface area (Å²) in [6.45, 7) is 0. The first-order valence-corrected chi connectivity index (χ1v) is 11.3. The Bertz CT molecular complexity index is 1320. The lowest BCUT2D eigenvalue weighted by molar-refractivity contribution is -0.110. The second kappa shape index (κ2) is 7.20. The molecule has 0 fully saturated rings. The molecule has 2 aromatic carbocycles. The maximum Gasteiger partial charge on any atom is 0.252 e. The highest BCUT2D eigenvalue weighted by molar-refractivity contribution is 7.92. The standard InChI is InChI=1S/C21H18N2O4S2/c1-29(26,27)22-20-15(9-14-7-4-6-13-5-2-3-8-17(13)14)10-19(25)23-16(12-24)11-18(28)21(20)23/h2-8,10,12,16,22H,9,11H2,1H3. The van der Waals surface area contributed by atoms with Crippen LogP contribution in [-0.2, 0) is 21.2 Å². The zero-order valence-corrected chi connectivity index (χ0v) is 17.2. The van der Waals surface area contributed by atoms with Crippen LogP contribution in [0.4, 0.5) is 5.69 Å². The smallest absolute Gasteiger partial charge is 0.252 e. The van der Waals surface area contributed by atoms with Gasteiger partial charge < -0.3 is 4.79 Å². The molecule has 0 saturated heterocycles. The van der Waals surface area contributed by atoms with E-state index in [2.05, 4.69) is 4.72 Å². The fourth-order valence-corrected chi connectivity index (χ4v) is 4.82. The highest BCUT2D eigenvalue weighted by atomic mass is 32.2. The van der Waals surface area contributed by atoms with Crippen LogP contribution in [-0.4, -0.2) is 30.4 Å². The van der Waals surface area contributed by atoms with E-state index in [1.807, 2.05) is 42.5 Å². The third-order valence-electron chi connectivity index (χ3n) is 5.03. The summed E-state index contributed by atoms with van der Waals surface area (Å²) < 4.78 is 27.9. The molecule has 0 spiro atoms. The normalized spacial score (nSPS) is 16.0. The zero-order valence-electron chi connectivity index (χ0n) is 15.6. The highest BCUT2D eigenvalue weighted by Crippen LogP contribution is 2.33. The largest absolute Gasteiger partial charge is 0.301 e. The van der Waals surface area contributed by atoms with E-state index in [9.17, 15) is 18.0 Å². The molecule has 1 aliphatic rings. The van der Waals surface area contributed by atoms with Crippen LogP contribution >= 0.6 is 12.2 Å². The summed E-state index contributed by atoms with van der Waals surface area (Å²) in [5.41, 5.74) is 1.70. The predicted molar refractivity (Wildman–Crippen MR) is 117 cm³/mol. The van der Waals surface area contributed by atoms with Crippen LogP contribution in [0.25, 0.3) is 10.8 Å². The molecule has 8 heteroatoms. The molecule has 0 radical (unpaired) electrons. The maximum absolute atomic E-state index is 12.8. The van der Waals surface area contributed by atoms with Gasteiger partial charge in [0.2, 0.25) is 10.0 Å². The van der Waals surface area contributed by atoms with Gasteiger partial charge in [-0.1, -0.05) is 54.7 Å². The van der Waals surface area contributed by atoms with Crippen molar-refractivity contribution in [1.29, 1.82) is 0 Å². The molecule has 1 aromatic heterocycles. The van der Waals surface area contributed by atoms with Gasteiger partial charge in [-0.3, -0.25) is 14.1 Å². The fourth-order valence-electron chi connectivity index (χ4n) is 3.85. The molecule has 4 rings (SSSR count). The number of aldehydes is 1. The van der Waals surface area contributed by atoms with E-state index in [-0.39, 0.29) is 17.7 Å². The molecular weight excluding hydrogens is 408 g/mol. The molecule has 2 heterocycles. The van der Waals surface area contributed by atoms with Crippen molar-refractivity contribution in [3.05, 3.63) is 75.7 Å². The number of benzene rings is 2. The Balaban J connectivity index is 1.95. The SMILES string of the molecule is CS(=O)(=O)Nc1c(Cc2cccc3ccccc23)cc(=O)n2c1C(=S)CC2C=O. The molecule has 3 aromatic rings. The number of nitrogens with one attached hydrogen (secondary N) is 1. The van der Waals surface area contributed by atoms with Gasteiger partial charge in [-0.25, -0.2) is 8.42 Å². The molecule has 6 nitrogen and oxygen atoms in total. The number of rotatable bonds is 5. The molecule has 148 valence electrons. The van der Waals surface area contributed by atoms with E-state index in [4.69, 9.17) is 12.2 Å². The van der Waals surface area contributed by atoms with Crippen LogP contribution in [0.3, 0.4) is 0 Å². The van der Waals surface area contributed by atoms with Crippen molar-refractivity contribution in [2.75, 3.05) is 11.0 Å². The summed E-state index contributed by atoms with van der Waals surface area (Å²) in [5, 5.41) is 2.08. The Morgan fingerprint density at radius 3 is 2.62 bits per heavy atom. The molecule has 1 aliphatic heterocycles. The first-order valence-electron chi connectivity index (χ1n) is 9.00. The minimum Gasteiger partial charge on any atom is -0.301 e. The number of sulfonamides is 1. The third kappa shape index (κ3) is 3.61. The Morgan fingerprint density at radius 2 is 1.90 bits per heavy atom. The number of thiocarbonyl (C=S) groups is 1. The maximum atomic E-state index is 12.8. The topological polar surface area (TPSA) is 85.2 Å². The quantitative estimate of drug-likeness (QED) is 0.501. The van der Waals surface area contributed by atoms with Gasteiger partial charge in [0.15, 0.2) is 0 Å². The van der Waals surface area contributed by atoms with Crippen molar-refractivity contribution in [1.82, 2.24) is 4.57 Å². The van der Waals surface area contributed by atoms with Gasteiger partial charge in [0, 0.05) is 23.8 Å². The van der Waals surface area contributed by atoms with Crippen LogP contribution in [0.5, 0.6) is 0 Å². The molecule has 29 heavy (non-hydrogen) atoms. The van der Waals surface area contributed by atoms with E-state index in [1.165, 1.54) is 10.6 Å². The van der Waals surface area contributed by atoms with Crippen LogP contribution in [0.2, 0.25) is 0 Å². The molecule has 0 saturated carbocycles. The Morgan fingerprint density at radius 1 is 1.17 bits per heavy atom. The molecule has 1 atom stereocenters. The first kappa shape index (κ1) is 19.5. The summed E-state index contributed by atoms with van der Waals surface area (Å²) in [5.74, 6) is 0.